The number of nitrogens with two attached hydrogens (primary N) is 1. The third-order valence-electron chi connectivity index (χ3n) is 2.73. The van der Waals surface area contributed by atoms with E-state index in [9.17, 15) is 4.79 Å². The molecule has 0 heterocycles. The van der Waals surface area contributed by atoms with Crippen LogP contribution in [0.1, 0.15) is 25.8 Å². The molecule has 19 heavy (non-hydrogen) atoms. The Hall–Kier alpha value is -1.36. The van der Waals surface area contributed by atoms with Crippen molar-refractivity contribution in [2.45, 2.75) is 38.5 Å². The van der Waals surface area contributed by atoms with Crippen molar-refractivity contribution in [2.75, 3.05) is 17.7 Å². The van der Waals surface area contributed by atoms with E-state index in [0.29, 0.717) is 18.7 Å². The quantitative estimate of drug-likeness (QED) is 0.426. The Bertz CT molecular complexity index is 435. The molecule has 106 valence electrons. The second kappa shape index (κ2) is 7.28. The van der Waals surface area contributed by atoms with E-state index in [2.05, 4.69) is 17.9 Å². The summed E-state index contributed by atoms with van der Waals surface area (Å²) in [7, 11) is 0. The van der Waals surface area contributed by atoms with Gasteiger partial charge in [0, 0.05) is 16.6 Å². The van der Waals surface area contributed by atoms with Crippen LogP contribution in [0.5, 0.6) is 0 Å². The van der Waals surface area contributed by atoms with Crippen LogP contribution in [0.15, 0.2) is 18.2 Å². The average Bonchev–Trinajstić information content (AvgIpc) is 2.31. The van der Waals surface area contributed by atoms with E-state index in [1.165, 1.54) is 0 Å². The van der Waals surface area contributed by atoms with E-state index in [-0.39, 0.29) is 11.2 Å². The smallest absolute Gasteiger partial charge is 0.328 e. The summed E-state index contributed by atoms with van der Waals surface area (Å²) in [5.41, 5.74) is 8.31. The summed E-state index contributed by atoms with van der Waals surface area (Å²) in [6.07, 6.45) is 0.603. The minimum atomic E-state index is -0.394. The molecule has 1 rings (SSSR count). The second-order valence-electron chi connectivity index (χ2n) is 4.61. The standard InChI is InChI=1S/C14H22N2O2S/c1-4-18-14(17)13(8-10(3)19)16-12-6-5-11(15)7-9(12)2/h5-7,10,13,16,19H,4,8,15H2,1-3H3. The Kier molecular flexibility index (Phi) is 6.02. The number of hydrogen-bond donors (Lipinski definition) is 3. The van der Waals surface area contributed by atoms with Crippen LogP contribution in [0.4, 0.5) is 11.4 Å². The molecule has 2 atom stereocenters. The molecule has 0 aliphatic carbocycles. The van der Waals surface area contributed by atoms with Crippen LogP contribution in [-0.4, -0.2) is 23.9 Å². The van der Waals surface area contributed by atoms with Crippen molar-refractivity contribution in [3.8, 4) is 0 Å². The van der Waals surface area contributed by atoms with E-state index in [4.69, 9.17) is 10.5 Å². The van der Waals surface area contributed by atoms with Crippen LogP contribution in [-0.2, 0) is 9.53 Å². The van der Waals surface area contributed by atoms with Crippen LogP contribution in [0.3, 0.4) is 0 Å². The summed E-state index contributed by atoms with van der Waals surface area (Å²) in [5, 5.41) is 3.32. The lowest BCUT2D eigenvalue weighted by Gasteiger charge is -2.21. The summed E-state index contributed by atoms with van der Waals surface area (Å²) in [6, 6.07) is 5.16. The van der Waals surface area contributed by atoms with Crippen LogP contribution >= 0.6 is 12.6 Å². The maximum absolute atomic E-state index is 11.9. The number of esters is 1. The van der Waals surface area contributed by atoms with Crippen LogP contribution in [0.2, 0.25) is 0 Å². The number of carbonyl (C=O) groups is 1. The zero-order chi connectivity index (χ0) is 14.4. The zero-order valence-electron chi connectivity index (χ0n) is 11.6. The maximum Gasteiger partial charge on any atom is 0.328 e. The highest BCUT2D eigenvalue weighted by molar-refractivity contribution is 7.80. The summed E-state index contributed by atoms with van der Waals surface area (Å²) in [6.45, 7) is 6.07. The van der Waals surface area contributed by atoms with Gasteiger partial charge in [-0.2, -0.15) is 12.6 Å². The van der Waals surface area contributed by atoms with Gasteiger partial charge in [-0.1, -0.05) is 6.92 Å². The number of nitrogen functional groups attached to an aromatic ring is 1. The molecular formula is C14H22N2O2S. The predicted octanol–water partition coefficient (Wildman–Crippen LogP) is 2.63. The number of aryl methyl sites for hydroxylation is 1. The van der Waals surface area contributed by atoms with Gasteiger partial charge < -0.3 is 15.8 Å². The molecule has 5 heteroatoms. The monoisotopic (exact) mass is 282 g/mol. The lowest BCUT2D eigenvalue weighted by molar-refractivity contribution is -0.144. The Morgan fingerprint density at radius 3 is 2.74 bits per heavy atom. The van der Waals surface area contributed by atoms with Crippen LogP contribution < -0.4 is 11.1 Å². The number of thiol groups is 1. The van der Waals surface area contributed by atoms with Gasteiger partial charge in [0.05, 0.1) is 6.61 Å². The lowest BCUT2D eigenvalue weighted by Crippen LogP contribution is -2.33. The first kappa shape index (κ1) is 15.7. The first-order valence-corrected chi connectivity index (χ1v) is 6.93. The SMILES string of the molecule is CCOC(=O)C(CC(C)S)Nc1ccc(N)cc1C. The van der Waals surface area contributed by atoms with Crippen LogP contribution in [0, 0.1) is 6.92 Å². The van der Waals surface area contributed by atoms with Gasteiger partial charge in [-0.3, -0.25) is 0 Å². The van der Waals surface area contributed by atoms with Crippen LogP contribution in [0.25, 0.3) is 0 Å². The van der Waals surface area contributed by atoms with Gasteiger partial charge in [0.2, 0.25) is 0 Å². The normalized spacial score (nSPS) is 13.7. The predicted molar refractivity (Wildman–Crippen MR) is 82.7 cm³/mol. The minimum Gasteiger partial charge on any atom is -0.464 e. The molecule has 0 aliphatic rings. The Labute approximate surface area is 120 Å². The first-order valence-electron chi connectivity index (χ1n) is 6.41. The molecule has 3 N–H and O–H groups in total. The number of benzene rings is 1. The molecule has 0 aliphatic heterocycles. The molecule has 0 radical (unpaired) electrons. The number of carbonyl (C=O) groups excluding carboxylic acids is 1. The van der Waals surface area contributed by atoms with Gasteiger partial charge in [-0.05, 0) is 44.0 Å². The first-order chi connectivity index (χ1) is 8.93. The largest absolute Gasteiger partial charge is 0.464 e. The highest BCUT2D eigenvalue weighted by Gasteiger charge is 2.21. The molecule has 0 spiro atoms. The van der Waals surface area contributed by atoms with E-state index < -0.39 is 6.04 Å². The second-order valence-corrected chi connectivity index (χ2v) is 5.49. The Balaban J connectivity index is 2.84. The van der Waals surface area contributed by atoms with Gasteiger partial charge >= 0.3 is 5.97 Å². The molecule has 0 saturated carbocycles. The highest BCUT2D eigenvalue weighted by Crippen LogP contribution is 2.20. The fourth-order valence-electron chi connectivity index (χ4n) is 1.83. The molecule has 1 aromatic carbocycles. The Morgan fingerprint density at radius 1 is 1.53 bits per heavy atom. The number of rotatable bonds is 6. The molecule has 0 amide bonds. The van der Waals surface area contributed by atoms with Crippen molar-refractivity contribution in [1.29, 1.82) is 0 Å². The molecule has 0 saturated heterocycles. The zero-order valence-corrected chi connectivity index (χ0v) is 12.5. The molecule has 0 aromatic heterocycles. The number of ether oxygens (including phenoxy) is 1. The van der Waals surface area contributed by atoms with Gasteiger partial charge in [-0.25, -0.2) is 4.79 Å². The fraction of sp³-hybridized carbons (Fsp3) is 0.500. The van der Waals surface area contributed by atoms with Gasteiger partial charge in [0.1, 0.15) is 6.04 Å². The molecule has 1 aromatic rings. The number of nitrogens with one attached hydrogen (secondary N) is 1. The third kappa shape index (κ3) is 5.03. The molecule has 4 nitrogen and oxygen atoms in total. The molecule has 0 bridgehead atoms. The van der Waals surface area contributed by atoms with Crippen molar-refractivity contribution in [1.82, 2.24) is 0 Å². The fourth-order valence-corrected chi connectivity index (χ4v) is 2.05. The third-order valence-corrected chi connectivity index (χ3v) is 2.94. The summed E-state index contributed by atoms with van der Waals surface area (Å²) < 4.78 is 5.08. The van der Waals surface area contributed by atoms with E-state index in [1.54, 1.807) is 6.92 Å². The van der Waals surface area contributed by atoms with E-state index in [1.807, 2.05) is 32.0 Å². The lowest BCUT2D eigenvalue weighted by atomic mass is 10.1. The van der Waals surface area contributed by atoms with Crippen molar-refractivity contribution in [2.24, 2.45) is 0 Å². The maximum atomic E-state index is 11.9. The molecule has 2 unspecified atom stereocenters. The summed E-state index contributed by atoms with van der Waals surface area (Å²) >= 11 is 4.34. The minimum absolute atomic E-state index is 0.107. The van der Waals surface area contributed by atoms with Crippen molar-refractivity contribution >= 4 is 30.0 Å². The van der Waals surface area contributed by atoms with Crippen molar-refractivity contribution in [3.05, 3.63) is 23.8 Å². The van der Waals surface area contributed by atoms with Crippen molar-refractivity contribution < 1.29 is 9.53 Å². The van der Waals surface area contributed by atoms with E-state index in [0.717, 1.165) is 11.3 Å². The Morgan fingerprint density at radius 2 is 2.21 bits per heavy atom. The average molecular weight is 282 g/mol. The number of anilines is 2. The van der Waals surface area contributed by atoms with Gasteiger partial charge in [-0.15, -0.1) is 0 Å². The van der Waals surface area contributed by atoms with Gasteiger partial charge in [0.15, 0.2) is 0 Å². The number of hydrogen-bond acceptors (Lipinski definition) is 5. The van der Waals surface area contributed by atoms with Gasteiger partial charge in [0.25, 0.3) is 0 Å². The summed E-state index contributed by atoms with van der Waals surface area (Å²) in [4.78, 5) is 11.9. The summed E-state index contributed by atoms with van der Waals surface area (Å²) in [5.74, 6) is -0.250. The topological polar surface area (TPSA) is 64.3 Å². The van der Waals surface area contributed by atoms with Crippen molar-refractivity contribution in [3.63, 3.8) is 0 Å². The van der Waals surface area contributed by atoms with E-state index >= 15 is 0 Å². The molecular weight excluding hydrogens is 260 g/mol. The molecule has 0 fully saturated rings. The highest BCUT2D eigenvalue weighted by atomic mass is 32.1.